The van der Waals surface area contributed by atoms with Gasteiger partial charge in [0.15, 0.2) is 5.17 Å². The van der Waals surface area contributed by atoms with E-state index in [4.69, 9.17) is 0 Å². The van der Waals surface area contributed by atoms with Gasteiger partial charge in [-0.15, -0.1) is 0 Å². The van der Waals surface area contributed by atoms with E-state index in [2.05, 4.69) is 23.3 Å². The third kappa shape index (κ3) is 4.03. The quantitative estimate of drug-likeness (QED) is 0.824. The zero-order chi connectivity index (χ0) is 16.8. The molecule has 1 fully saturated rings. The molecule has 0 aliphatic carbocycles. The van der Waals surface area contributed by atoms with Gasteiger partial charge < -0.3 is 5.32 Å². The number of thioether (sulfide) groups is 1. The molecule has 4 heteroatoms. The highest BCUT2D eigenvalue weighted by atomic mass is 32.2. The molecule has 1 aliphatic rings. The van der Waals surface area contributed by atoms with E-state index < -0.39 is 0 Å². The van der Waals surface area contributed by atoms with Crippen molar-refractivity contribution < 1.29 is 4.79 Å². The molecule has 0 atom stereocenters. The molecule has 0 aromatic heterocycles. The topological polar surface area (TPSA) is 41.5 Å². The molecule has 1 amide bonds. The Bertz CT molecular complexity index is 823. The van der Waals surface area contributed by atoms with Gasteiger partial charge in [-0.05, 0) is 41.5 Å². The van der Waals surface area contributed by atoms with Crippen molar-refractivity contribution in [2.45, 2.75) is 13.3 Å². The molecule has 0 unspecified atom stereocenters. The van der Waals surface area contributed by atoms with E-state index in [9.17, 15) is 4.79 Å². The Morgan fingerprint density at radius 2 is 1.83 bits per heavy atom. The van der Waals surface area contributed by atoms with Crippen molar-refractivity contribution in [2.24, 2.45) is 4.99 Å². The maximum atomic E-state index is 12.1. The van der Waals surface area contributed by atoms with E-state index >= 15 is 0 Å². The number of benzene rings is 2. The largest absolute Gasteiger partial charge is 0.300 e. The molecule has 3 rings (SSSR count). The number of nitrogens with one attached hydrogen (secondary N) is 1. The molecule has 1 N–H and O–H groups in total. The van der Waals surface area contributed by atoms with Crippen LogP contribution in [0, 0.1) is 0 Å². The van der Waals surface area contributed by atoms with Crippen LogP contribution in [0.5, 0.6) is 0 Å². The Morgan fingerprint density at radius 1 is 1.08 bits per heavy atom. The maximum Gasteiger partial charge on any atom is 0.264 e. The summed E-state index contributed by atoms with van der Waals surface area (Å²) in [5.74, 6) is -0.106. The van der Waals surface area contributed by atoms with Crippen LogP contribution in [0.2, 0.25) is 0 Å². The average molecular weight is 334 g/mol. The zero-order valence-corrected chi connectivity index (χ0v) is 14.2. The number of amides is 1. The minimum atomic E-state index is -0.106. The molecule has 0 bridgehead atoms. The molecular formula is C20H18N2OS. The van der Waals surface area contributed by atoms with Crippen molar-refractivity contribution in [3.05, 3.63) is 82.8 Å². The van der Waals surface area contributed by atoms with Gasteiger partial charge in [0.05, 0.1) is 10.6 Å². The number of aryl methyl sites for hydroxylation is 1. The minimum Gasteiger partial charge on any atom is -0.300 e. The smallest absolute Gasteiger partial charge is 0.264 e. The van der Waals surface area contributed by atoms with Gasteiger partial charge in [-0.25, -0.2) is 4.99 Å². The first kappa shape index (κ1) is 16.3. The van der Waals surface area contributed by atoms with Gasteiger partial charge in [-0.1, -0.05) is 67.6 Å². The molecule has 120 valence electrons. The van der Waals surface area contributed by atoms with E-state index in [-0.39, 0.29) is 5.91 Å². The van der Waals surface area contributed by atoms with Gasteiger partial charge in [0, 0.05) is 0 Å². The Kier molecular flexibility index (Phi) is 5.29. The van der Waals surface area contributed by atoms with E-state index in [0.717, 1.165) is 17.7 Å². The number of hydrogen-bond acceptors (Lipinski definition) is 3. The van der Waals surface area contributed by atoms with Gasteiger partial charge >= 0.3 is 0 Å². The molecular weight excluding hydrogens is 316 g/mol. The highest BCUT2D eigenvalue weighted by Crippen LogP contribution is 2.27. The number of aliphatic imine (C=N–C) groups is 1. The zero-order valence-electron chi connectivity index (χ0n) is 13.4. The first-order chi connectivity index (χ1) is 11.8. The summed E-state index contributed by atoms with van der Waals surface area (Å²) < 4.78 is 0. The number of hydrogen-bond donors (Lipinski definition) is 1. The van der Waals surface area contributed by atoms with Crippen LogP contribution in [-0.4, -0.2) is 11.1 Å². The molecule has 1 aliphatic heterocycles. The first-order valence-electron chi connectivity index (χ1n) is 7.85. The molecule has 1 saturated heterocycles. The summed E-state index contributed by atoms with van der Waals surface area (Å²) in [4.78, 5) is 17.3. The SMILES string of the molecule is CCc1ccccc1N=C1NC(=O)/C(=C/C=C/c2ccccc2)S1. The normalized spacial score (nSPS) is 17.8. The lowest BCUT2D eigenvalue weighted by Gasteiger charge is -2.02. The van der Waals surface area contributed by atoms with Gasteiger partial charge in [-0.3, -0.25) is 4.79 Å². The van der Waals surface area contributed by atoms with Crippen molar-refractivity contribution in [2.75, 3.05) is 0 Å². The van der Waals surface area contributed by atoms with Crippen LogP contribution < -0.4 is 5.32 Å². The highest BCUT2D eigenvalue weighted by Gasteiger charge is 2.23. The van der Waals surface area contributed by atoms with E-state index in [1.54, 1.807) is 0 Å². The fraction of sp³-hybridized carbons (Fsp3) is 0.100. The second kappa shape index (κ2) is 7.79. The molecule has 2 aromatic rings. The lowest BCUT2D eigenvalue weighted by atomic mass is 10.1. The van der Waals surface area contributed by atoms with Gasteiger partial charge in [0.25, 0.3) is 5.91 Å². The van der Waals surface area contributed by atoms with Crippen LogP contribution in [0.1, 0.15) is 18.1 Å². The van der Waals surface area contributed by atoms with Crippen molar-refractivity contribution in [1.29, 1.82) is 0 Å². The Hall–Kier alpha value is -2.59. The molecule has 0 radical (unpaired) electrons. The van der Waals surface area contributed by atoms with Crippen molar-refractivity contribution in [3.63, 3.8) is 0 Å². The number of amidine groups is 1. The van der Waals surface area contributed by atoms with Gasteiger partial charge in [0.1, 0.15) is 0 Å². The monoisotopic (exact) mass is 334 g/mol. The van der Waals surface area contributed by atoms with Crippen LogP contribution in [-0.2, 0) is 11.2 Å². The number of nitrogens with zero attached hydrogens (tertiary/aromatic N) is 1. The lowest BCUT2D eigenvalue weighted by Crippen LogP contribution is -2.19. The summed E-state index contributed by atoms with van der Waals surface area (Å²) in [7, 11) is 0. The van der Waals surface area contributed by atoms with Crippen molar-refractivity contribution >= 4 is 34.6 Å². The standard InChI is InChI=1S/C20H18N2OS/c1-2-16-12-6-7-13-17(16)21-20-22-19(23)18(24-20)14-8-11-15-9-4-3-5-10-15/h3-14H,2H2,1H3,(H,21,22,23)/b11-8+,18-14-. The van der Waals surface area contributed by atoms with Gasteiger partial charge in [0.2, 0.25) is 0 Å². The summed E-state index contributed by atoms with van der Waals surface area (Å²) in [5.41, 5.74) is 3.17. The van der Waals surface area contributed by atoms with E-state index in [1.807, 2.05) is 66.8 Å². The second-order valence-electron chi connectivity index (χ2n) is 5.26. The number of carbonyl (C=O) groups is 1. The van der Waals surface area contributed by atoms with Crippen LogP contribution >= 0.6 is 11.8 Å². The summed E-state index contributed by atoms with van der Waals surface area (Å²) in [6.07, 6.45) is 6.60. The molecule has 0 spiro atoms. The van der Waals surface area contributed by atoms with E-state index in [0.29, 0.717) is 10.1 Å². The van der Waals surface area contributed by atoms with Gasteiger partial charge in [-0.2, -0.15) is 0 Å². The number of allylic oxidation sites excluding steroid dienone is 2. The molecule has 24 heavy (non-hydrogen) atoms. The summed E-state index contributed by atoms with van der Waals surface area (Å²) >= 11 is 1.37. The summed E-state index contributed by atoms with van der Waals surface area (Å²) in [5, 5.41) is 3.45. The Morgan fingerprint density at radius 3 is 2.62 bits per heavy atom. The Labute approximate surface area is 146 Å². The van der Waals surface area contributed by atoms with E-state index in [1.165, 1.54) is 17.3 Å². The molecule has 0 saturated carbocycles. The second-order valence-corrected chi connectivity index (χ2v) is 6.29. The van der Waals surface area contributed by atoms with Crippen LogP contribution in [0.3, 0.4) is 0 Å². The van der Waals surface area contributed by atoms with Crippen LogP contribution in [0.4, 0.5) is 5.69 Å². The third-order valence-electron chi connectivity index (χ3n) is 3.58. The number of carbonyl (C=O) groups excluding carboxylic acids is 1. The summed E-state index contributed by atoms with van der Waals surface area (Å²) in [6, 6.07) is 18.0. The fourth-order valence-corrected chi connectivity index (χ4v) is 3.12. The minimum absolute atomic E-state index is 0.106. The predicted molar refractivity (Wildman–Crippen MR) is 102 cm³/mol. The first-order valence-corrected chi connectivity index (χ1v) is 8.67. The van der Waals surface area contributed by atoms with Crippen molar-refractivity contribution in [3.8, 4) is 0 Å². The van der Waals surface area contributed by atoms with Crippen LogP contribution in [0.15, 0.2) is 76.6 Å². The molecule has 1 heterocycles. The molecule has 2 aromatic carbocycles. The maximum absolute atomic E-state index is 12.1. The lowest BCUT2D eigenvalue weighted by molar-refractivity contribution is -0.115. The highest BCUT2D eigenvalue weighted by molar-refractivity contribution is 8.18. The number of para-hydroxylation sites is 1. The summed E-state index contributed by atoms with van der Waals surface area (Å²) in [6.45, 7) is 2.10. The van der Waals surface area contributed by atoms with Crippen molar-refractivity contribution in [1.82, 2.24) is 5.32 Å². The molecule has 3 nitrogen and oxygen atoms in total. The average Bonchev–Trinajstić information content (AvgIpc) is 2.96. The third-order valence-corrected chi connectivity index (χ3v) is 4.51. The fourth-order valence-electron chi connectivity index (χ4n) is 2.33. The van der Waals surface area contributed by atoms with Crippen LogP contribution in [0.25, 0.3) is 6.08 Å². The predicted octanol–water partition coefficient (Wildman–Crippen LogP) is 4.70. The Balaban J connectivity index is 1.75. The number of rotatable bonds is 4.